The third-order valence-electron chi connectivity index (χ3n) is 1.60. The van der Waals surface area contributed by atoms with Crippen molar-refractivity contribution in [3.05, 3.63) is 28.7 Å². The third-order valence-corrected chi connectivity index (χ3v) is 1.60. The van der Waals surface area contributed by atoms with Crippen LogP contribution in [0.15, 0.2) is 23.4 Å². The molecule has 58 valence electrons. The van der Waals surface area contributed by atoms with E-state index >= 15 is 0 Å². The molecule has 2 N–H and O–H groups in total. The van der Waals surface area contributed by atoms with Crippen LogP contribution in [-0.4, -0.2) is 0 Å². The molecule has 0 aliphatic rings. The van der Waals surface area contributed by atoms with Crippen molar-refractivity contribution in [2.75, 3.05) is 5.73 Å². The van der Waals surface area contributed by atoms with Gasteiger partial charge in [-0.05, 0) is 29.3 Å². The molecule has 3 nitrogen and oxygen atoms in total. The summed E-state index contributed by atoms with van der Waals surface area (Å²) in [5.41, 5.74) is 7.41. The fourth-order valence-corrected chi connectivity index (χ4v) is 0.907. The SMILES string of the molecule is CCc1ccc(N=O)c(N)c1. The Morgan fingerprint density at radius 2 is 2.27 bits per heavy atom. The number of rotatable bonds is 2. The van der Waals surface area contributed by atoms with Crippen molar-refractivity contribution in [3.8, 4) is 0 Å². The van der Waals surface area contributed by atoms with Crippen LogP contribution in [0.4, 0.5) is 11.4 Å². The molecule has 1 aromatic rings. The molecule has 11 heavy (non-hydrogen) atoms. The number of aryl methyl sites for hydroxylation is 1. The van der Waals surface area contributed by atoms with E-state index in [0.29, 0.717) is 11.4 Å². The van der Waals surface area contributed by atoms with Gasteiger partial charge in [0.1, 0.15) is 5.69 Å². The van der Waals surface area contributed by atoms with Crippen LogP contribution in [0.3, 0.4) is 0 Å². The predicted octanol–water partition coefficient (Wildman–Crippen LogP) is 2.23. The maximum absolute atomic E-state index is 10.1. The summed E-state index contributed by atoms with van der Waals surface area (Å²) in [5.74, 6) is 0. The molecule has 0 aliphatic heterocycles. The van der Waals surface area contributed by atoms with Crippen molar-refractivity contribution in [1.82, 2.24) is 0 Å². The van der Waals surface area contributed by atoms with Crippen molar-refractivity contribution in [3.63, 3.8) is 0 Å². The van der Waals surface area contributed by atoms with Gasteiger partial charge in [-0.2, -0.15) is 0 Å². The van der Waals surface area contributed by atoms with Gasteiger partial charge in [0.15, 0.2) is 0 Å². The summed E-state index contributed by atoms with van der Waals surface area (Å²) in [6.45, 7) is 2.03. The van der Waals surface area contributed by atoms with E-state index in [-0.39, 0.29) is 0 Å². The fraction of sp³-hybridized carbons (Fsp3) is 0.250. The molecule has 1 rings (SSSR count). The fourth-order valence-electron chi connectivity index (χ4n) is 0.907. The zero-order valence-electron chi connectivity index (χ0n) is 6.37. The minimum Gasteiger partial charge on any atom is -0.397 e. The lowest BCUT2D eigenvalue weighted by atomic mass is 10.1. The second-order valence-electron chi connectivity index (χ2n) is 2.34. The summed E-state index contributed by atoms with van der Waals surface area (Å²) in [5, 5.41) is 2.77. The lowest BCUT2D eigenvalue weighted by Gasteiger charge is -1.99. The molecule has 0 bridgehead atoms. The Morgan fingerprint density at radius 1 is 1.55 bits per heavy atom. The minimum absolute atomic E-state index is 0.321. The van der Waals surface area contributed by atoms with Gasteiger partial charge >= 0.3 is 0 Å². The Hall–Kier alpha value is -1.38. The Kier molecular flexibility index (Phi) is 2.21. The van der Waals surface area contributed by atoms with Crippen molar-refractivity contribution in [2.45, 2.75) is 13.3 Å². The molecule has 3 heteroatoms. The Bertz CT molecular complexity index is 271. The predicted molar refractivity (Wildman–Crippen MR) is 45.7 cm³/mol. The minimum atomic E-state index is 0.321. The average molecular weight is 150 g/mol. The van der Waals surface area contributed by atoms with Crippen molar-refractivity contribution in [2.24, 2.45) is 5.18 Å². The van der Waals surface area contributed by atoms with Gasteiger partial charge in [0.2, 0.25) is 0 Å². The van der Waals surface area contributed by atoms with Crippen molar-refractivity contribution in [1.29, 1.82) is 0 Å². The molecule has 0 unspecified atom stereocenters. The average Bonchev–Trinajstić information content (AvgIpc) is 2.04. The number of nitrogens with two attached hydrogens (primary N) is 1. The maximum atomic E-state index is 10.1. The van der Waals surface area contributed by atoms with Gasteiger partial charge in [-0.1, -0.05) is 13.0 Å². The molecule has 0 amide bonds. The van der Waals surface area contributed by atoms with Gasteiger partial charge in [0.05, 0.1) is 5.69 Å². The Labute approximate surface area is 65.2 Å². The summed E-state index contributed by atoms with van der Waals surface area (Å²) in [6, 6.07) is 5.27. The van der Waals surface area contributed by atoms with Gasteiger partial charge < -0.3 is 5.73 Å². The van der Waals surface area contributed by atoms with Crippen LogP contribution in [0.5, 0.6) is 0 Å². The zero-order valence-corrected chi connectivity index (χ0v) is 6.37. The first kappa shape index (κ1) is 7.72. The number of hydrogen-bond donors (Lipinski definition) is 1. The first-order valence-corrected chi connectivity index (χ1v) is 3.49. The second-order valence-corrected chi connectivity index (χ2v) is 2.34. The summed E-state index contributed by atoms with van der Waals surface area (Å²) < 4.78 is 0. The highest BCUT2D eigenvalue weighted by Crippen LogP contribution is 2.22. The van der Waals surface area contributed by atoms with Crippen LogP contribution < -0.4 is 5.73 Å². The molecule has 0 aromatic heterocycles. The first-order valence-electron chi connectivity index (χ1n) is 3.49. The van der Waals surface area contributed by atoms with E-state index in [4.69, 9.17) is 5.73 Å². The lowest BCUT2D eigenvalue weighted by molar-refractivity contribution is 1.14. The molecule has 0 spiro atoms. The molecule has 0 saturated carbocycles. The molecule has 0 radical (unpaired) electrons. The summed E-state index contributed by atoms with van der Waals surface area (Å²) in [4.78, 5) is 10.1. The van der Waals surface area contributed by atoms with Crippen LogP contribution in [0.2, 0.25) is 0 Å². The van der Waals surface area contributed by atoms with Crippen LogP contribution >= 0.6 is 0 Å². The van der Waals surface area contributed by atoms with Crippen LogP contribution in [0.1, 0.15) is 12.5 Å². The number of hydrogen-bond acceptors (Lipinski definition) is 3. The number of nitrogen functional groups attached to an aromatic ring is 1. The van der Waals surface area contributed by atoms with Crippen molar-refractivity contribution < 1.29 is 0 Å². The highest BCUT2D eigenvalue weighted by molar-refractivity contribution is 5.63. The highest BCUT2D eigenvalue weighted by Gasteiger charge is 1.98. The molecule has 1 aromatic carbocycles. The third kappa shape index (κ3) is 1.55. The van der Waals surface area contributed by atoms with Crippen LogP contribution in [0.25, 0.3) is 0 Å². The standard InChI is InChI=1S/C8H10N2O/c1-2-6-3-4-8(10-11)7(9)5-6/h3-5H,2,9H2,1H3. The number of nitrogens with zero attached hydrogens (tertiary/aromatic N) is 1. The second kappa shape index (κ2) is 3.14. The van der Waals surface area contributed by atoms with E-state index in [1.165, 1.54) is 0 Å². The lowest BCUT2D eigenvalue weighted by Crippen LogP contribution is -1.87. The first-order chi connectivity index (χ1) is 5.27. The van der Waals surface area contributed by atoms with E-state index in [9.17, 15) is 4.91 Å². The molecule has 0 saturated heterocycles. The molecule has 0 heterocycles. The molecule has 0 fully saturated rings. The number of nitroso groups, excluding NO2 is 1. The topological polar surface area (TPSA) is 55.5 Å². The molecule has 0 aliphatic carbocycles. The zero-order chi connectivity index (χ0) is 8.27. The van der Waals surface area contributed by atoms with E-state index in [2.05, 4.69) is 5.18 Å². The molecular formula is C8H10N2O. The summed E-state index contributed by atoms with van der Waals surface area (Å²) in [7, 11) is 0. The van der Waals surface area contributed by atoms with Gasteiger partial charge in [-0.15, -0.1) is 4.91 Å². The van der Waals surface area contributed by atoms with E-state index in [1.54, 1.807) is 12.1 Å². The van der Waals surface area contributed by atoms with Gasteiger partial charge in [-0.3, -0.25) is 0 Å². The van der Waals surface area contributed by atoms with E-state index in [1.807, 2.05) is 13.0 Å². The maximum Gasteiger partial charge on any atom is 0.130 e. The van der Waals surface area contributed by atoms with Gasteiger partial charge in [0, 0.05) is 0 Å². The normalized spacial score (nSPS) is 9.55. The smallest absolute Gasteiger partial charge is 0.130 e. The summed E-state index contributed by atoms with van der Waals surface area (Å²) in [6.07, 6.45) is 0.920. The van der Waals surface area contributed by atoms with E-state index < -0.39 is 0 Å². The monoisotopic (exact) mass is 150 g/mol. The Balaban J connectivity index is 3.09. The molecular weight excluding hydrogens is 140 g/mol. The van der Waals surface area contributed by atoms with Crippen LogP contribution in [0, 0.1) is 4.91 Å². The van der Waals surface area contributed by atoms with E-state index in [0.717, 1.165) is 12.0 Å². The highest BCUT2D eigenvalue weighted by atomic mass is 16.3. The Morgan fingerprint density at radius 3 is 2.73 bits per heavy atom. The number of anilines is 1. The largest absolute Gasteiger partial charge is 0.397 e. The summed E-state index contributed by atoms with van der Waals surface area (Å²) >= 11 is 0. The van der Waals surface area contributed by atoms with Crippen molar-refractivity contribution >= 4 is 11.4 Å². The quantitative estimate of drug-likeness (QED) is 0.519. The van der Waals surface area contributed by atoms with Gasteiger partial charge in [-0.25, -0.2) is 0 Å². The van der Waals surface area contributed by atoms with Crippen LogP contribution in [-0.2, 0) is 6.42 Å². The van der Waals surface area contributed by atoms with Gasteiger partial charge in [0.25, 0.3) is 0 Å². The molecule has 0 atom stereocenters. The number of benzene rings is 1.